The molecule has 3 rings (SSSR count). The molecule has 0 amide bonds. The van der Waals surface area contributed by atoms with E-state index in [0.29, 0.717) is 0 Å². The molecule has 0 aliphatic carbocycles. The molecule has 0 aromatic carbocycles. The lowest BCUT2D eigenvalue weighted by Gasteiger charge is -2.54. The zero-order chi connectivity index (χ0) is 15.5. The number of nitrogens with zero attached hydrogens (tertiary/aromatic N) is 2. The van der Waals surface area contributed by atoms with Crippen LogP contribution < -0.4 is 0 Å². The molecule has 0 radical (unpaired) electrons. The van der Waals surface area contributed by atoms with E-state index in [-0.39, 0.29) is 23.9 Å². The number of aliphatic hydroxyl groups is 3. The summed E-state index contributed by atoms with van der Waals surface area (Å²) in [6, 6.07) is -0.621. The largest absolute Gasteiger partial charge is 0.377 e. The first-order valence-corrected chi connectivity index (χ1v) is 8.09. The molecule has 3 aliphatic rings. The Hall–Kier alpha value is -0.240. The van der Waals surface area contributed by atoms with Crippen molar-refractivity contribution in [3.8, 4) is 0 Å². The zero-order valence-electron chi connectivity index (χ0n) is 13.3. The van der Waals surface area contributed by atoms with Gasteiger partial charge in [-0.3, -0.25) is 4.90 Å². The monoisotopic (exact) mass is 300 g/mol. The van der Waals surface area contributed by atoms with E-state index in [1.807, 2.05) is 32.6 Å². The van der Waals surface area contributed by atoms with Gasteiger partial charge in [-0.1, -0.05) is 27.7 Å². The van der Waals surface area contributed by atoms with Crippen LogP contribution in [0, 0.1) is 11.8 Å². The van der Waals surface area contributed by atoms with Crippen LogP contribution in [0.2, 0.25) is 0 Å². The van der Waals surface area contributed by atoms with Crippen molar-refractivity contribution in [1.82, 2.24) is 9.80 Å². The van der Waals surface area contributed by atoms with Gasteiger partial charge in [-0.2, -0.15) is 0 Å². The van der Waals surface area contributed by atoms with Gasteiger partial charge in [0.25, 0.3) is 0 Å². The summed E-state index contributed by atoms with van der Waals surface area (Å²) < 4.78 is 5.95. The molecule has 0 spiro atoms. The second-order valence-corrected chi connectivity index (χ2v) is 7.35. The normalized spacial score (nSPS) is 48.1. The number of fused-ring (bicyclic) bond motifs is 3. The summed E-state index contributed by atoms with van der Waals surface area (Å²) in [5, 5.41) is 32.6. The lowest BCUT2D eigenvalue weighted by Crippen LogP contribution is -2.74. The van der Waals surface area contributed by atoms with Crippen molar-refractivity contribution in [2.75, 3.05) is 6.54 Å². The van der Waals surface area contributed by atoms with Gasteiger partial charge in [-0.05, 0) is 24.7 Å². The maximum absolute atomic E-state index is 11.2. The molecule has 3 saturated heterocycles. The van der Waals surface area contributed by atoms with Gasteiger partial charge < -0.3 is 20.1 Å². The zero-order valence-corrected chi connectivity index (χ0v) is 13.3. The highest BCUT2D eigenvalue weighted by Gasteiger charge is 2.66. The molecule has 21 heavy (non-hydrogen) atoms. The van der Waals surface area contributed by atoms with Crippen LogP contribution in [0.3, 0.4) is 0 Å². The number of ether oxygens (including phenoxy) is 1. The quantitative estimate of drug-likeness (QED) is 0.673. The van der Waals surface area contributed by atoms with Gasteiger partial charge >= 0.3 is 0 Å². The first-order valence-electron chi connectivity index (χ1n) is 8.09. The molecule has 122 valence electrons. The summed E-state index contributed by atoms with van der Waals surface area (Å²) in [5.41, 5.74) is 0. The first-order chi connectivity index (χ1) is 9.79. The van der Waals surface area contributed by atoms with Crippen LogP contribution in [-0.2, 0) is 4.74 Å². The second-order valence-electron chi connectivity index (χ2n) is 7.35. The number of hydrogen-bond donors (Lipinski definition) is 3. The molecule has 3 heterocycles. The SMILES string of the molecule is CC(C)[C@@H]1[C@H](O)N2CCC[C@@H]2[C@@]2(O)O[C@@H](C(C)C)[C@@H](O)N12. The van der Waals surface area contributed by atoms with E-state index in [0.717, 1.165) is 19.4 Å². The molecule has 0 aromatic heterocycles. The smallest absolute Gasteiger partial charge is 0.246 e. The fourth-order valence-electron chi connectivity index (χ4n) is 4.31. The van der Waals surface area contributed by atoms with Crippen LogP contribution in [0.4, 0.5) is 0 Å². The Morgan fingerprint density at radius 1 is 1.10 bits per heavy atom. The topological polar surface area (TPSA) is 76.4 Å². The van der Waals surface area contributed by atoms with Crippen molar-refractivity contribution < 1.29 is 20.1 Å². The van der Waals surface area contributed by atoms with Crippen LogP contribution in [0.1, 0.15) is 40.5 Å². The molecular formula is C15H28N2O4. The van der Waals surface area contributed by atoms with Crippen LogP contribution in [-0.4, -0.2) is 68.2 Å². The number of piperazine rings is 1. The highest BCUT2D eigenvalue weighted by molar-refractivity contribution is 5.07. The molecule has 6 nitrogen and oxygen atoms in total. The molecule has 0 saturated carbocycles. The Kier molecular flexibility index (Phi) is 3.83. The average molecular weight is 300 g/mol. The van der Waals surface area contributed by atoms with Gasteiger partial charge in [0.05, 0.1) is 12.1 Å². The summed E-state index contributed by atoms with van der Waals surface area (Å²) in [4.78, 5) is 3.57. The standard InChI is InChI=1S/C15H28N2O4/c1-8(2)11-13(18)16-7-5-6-10(16)15(20)17(11)14(19)12(21-15)9(3)4/h8-14,18-20H,5-7H2,1-4H3/t10-,11-,12+,13+,14-,15-/m1/s1. The highest BCUT2D eigenvalue weighted by Crippen LogP contribution is 2.47. The minimum atomic E-state index is -1.50. The average Bonchev–Trinajstić information content (AvgIpc) is 2.97. The molecule has 6 heteroatoms. The summed E-state index contributed by atoms with van der Waals surface area (Å²) in [7, 11) is 0. The molecule has 3 N–H and O–H groups in total. The highest BCUT2D eigenvalue weighted by atomic mass is 16.7. The second kappa shape index (κ2) is 5.15. The Morgan fingerprint density at radius 2 is 1.76 bits per heavy atom. The Morgan fingerprint density at radius 3 is 2.33 bits per heavy atom. The van der Waals surface area contributed by atoms with E-state index in [4.69, 9.17) is 4.74 Å². The molecule has 6 atom stereocenters. The fourth-order valence-corrected chi connectivity index (χ4v) is 4.31. The minimum absolute atomic E-state index is 0.0921. The lowest BCUT2D eigenvalue weighted by atomic mass is 9.92. The van der Waals surface area contributed by atoms with E-state index in [1.54, 1.807) is 4.90 Å². The third-order valence-electron chi connectivity index (χ3n) is 5.29. The minimum Gasteiger partial charge on any atom is -0.377 e. The van der Waals surface area contributed by atoms with Gasteiger partial charge in [0.15, 0.2) is 0 Å². The van der Waals surface area contributed by atoms with E-state index < -0.39 is 24.5 Å². The maximum atomic E-state index is 11.2. The van der Waals surface area contributed by atoms with E-state index in [2.05, 4.69) is 0 Å². The predicted molar refractivity (Wildman–Crippen MR) is 76.9 cm³/mol. The van der Waals surface area contributed by atoms with Gasteiger partial charge in [0.1, 0.15) is 18.6 Å². The van der Waals surface area contributed by atoms with Gasteiger partial charge in [0, 0.05) is 6.54 Å². The van der Waals surface area contributed by atoms with Crippen LogP contribution in [0.15, 0.2) is 0 Å². The molecule has 3 fully saturated rings. The number of aliphatic hydroxyl groups excluding tert-OH is 2. The van der Waals surface area contributed by atoms with Crippen molar-refractivity contribution >= 4 is 0 Å². The Bertz CT molecular complexity index is 405. The number of hydrogen-bond acceptors (Lipinski definition) is 6. The predicted octanol–water partition coefficient (Wildman–Crippen LogP) is 0.129. The lowest BCUT2D eigenvalue weighted by molar-refractivity contribution is -0.347. The molecule has 3 aliphatic heterocycles. The third kappa shape index (κ3) is 2.08. The Labute approximate surface area is 126 Å². The summed E-state index contributed by atoms with van der Waals surface area (Å²) >= 11 is 0. The number of rotatable bonds is 2. The van der Waals surface area contributed by atoms with Gasteiger partial charge in [0.2, 0.25) is 5.91 Å². The Balaban J connectivity index is 2.03. The van der Waals surface area contributed by atoms with Crippen LogP contribution in [0.25, 0.3) is 0 Å². The maximum Gasteiger partial charge on any atom is 0.246 e. The summed E-state index contributed by atoms with van der Waals surface area (Å²) in [6.07, 6.45) is -0.313. The molecular weight excluding hydrogens is 272 g/mol. The van der Waals surface area contributed by atoms with Crippen LogP contribution >= 0.6 is 0 Å². The summed E-state index contributed by atoms with van der Waals surface area (Å²) in [5.74, 6) is -1.31. The van der Waals surface area contributed by atoms with Crippen molar-refractivity contribution in [2.45, 2.75) is 77.1 Å². The first kappa shape index (κ1) is 15.6. The molecule has 0 aromatic rings. The summed E-state index contributed by atoms with van der Waals surface area (Å²) in [6.45, 7) is 8.71. The van der Waals surface area contributed by atoms with Crippen molar-refractivity contribution in [3.63, 3.8) is 0 Å². The van der Waals surface area contributed by atoms with Crippen molar-refractivity contribution in [1.29, 1.82) is 0 Å². The van der Waals surface area contributed by atoms with Crippen molar-refractivity contribution in [3.05, 3.63) is 0 Å². The van der Waals surface area contributed by atoms with E-state index in [1.165, 1.54) is 0 Å². The van der Waals surface area contributed by atoms with E-state index in [9.17, 15) is 15.3 Å². The molecule has 0 unspecified atom stereocenters. The fraction of sp³-hybridized carbons (Fsp3) is 1.00. The van der Waals surface area contributed by atoms with Crippen molar-refractivity contribution in [2.24, 2.45) is 11.8 Å². The van der Waals surface area contributed by atoms with Gasteiger partial charge in [-0.25, -0.2) is 4.90 Å². The molecule has 0 bridgehead atoms. The van der Waals surface area contributed by atoms with Gasteiger partial charge in [-0.15, -0.1) is 0 Å². The van der Waals surface area contributed by atoms with E-state index >= 15 is 0 Å². The van der Waals surface area contributed by atoms with Crippen LogP contribution in [0.5, 0.6) is 0 Å². The third-order valence-corrected chi connectivity index (χ3v) is 5.29.